The first-order chi connectivity index (χ1) is 14.5. The number of carbonyl (C=O) groups is 1. The SMILES string of the molecule is CCOCC12CC3CC(C(=O)NC4CC5CNC4C5)(C1)C[C@@](c1ccccc1)(C3)C2. The van der Waals surface area contributed by atoms with Crippen molar-refractivity contribution in [1.82, 2.24) is 10.6 Å². The standard InChI is InChI=1S/C26H36N2O2/c1-2-30-17-24-10-19-11-25(14-24,20-6-4-3-5-7-20)16-26(12-19,15-24)23(29)28-22-9-18-8-21(22)27-13-18/h3-7,18-19,21-22,27H,2,8-17H2,1H3,(H,28,29)/t18?,19?,21?,22?,24?,25-,26?/m1/s1. The Kier molecular flexibility index (Phi) is 4.38. The van der Waals surface area contributed by atoms with Gasteiger partial charge < -0.3 is 15.4 Å². The zero-order chi connectivity index (χ0) is 20.4. The molecule has 1 aliphatic heterocycles. The number of hydrogen-bond donors (Lipinski definition) is 2. The molecule has 1 aromatic carbocycles. The minimum Gasteiger partial charge on any atom is -0.381 e. The minimum absolute atomic E-state index is 0.141. The minimum atomic E-state index is -0.214. The number of carbonyl (C=O) groups excluding carboxylic acids is 1. The highest BCUT2D eigenvalue weighted by molar-refractivity contribution is 5.84. The zero-order valence-corrected chi connectivity index (χ0v) is 18.3. The molecule has 0 aromatic heterocycles. The van der Waals surface area contributed by atoms with Crippen molar-refractivity contribution in [2.24, 2.45) is 22.7 Å². The molecular weight excluding hydrogens is 372 g/mol. The fourth-order valence-electron chi connectivity index (χ4n) is 8.82. The fourth-order valence-corrected chi connectivity index (χ4v) is 8.82. The van der Waals surface area contributed by atoms with Gasteiger partial charge in [-0.05, 0) is 93.1 Å². The van der Waals surface area contributed by atoms with Crippen molar-refractivity contribution in [3.8, 4) is 0 Å². The summed E-state index contributed by atoms with van der Waals surface area (Å²) in [7, 11) is 0. The summed E-state index contributed by atoms with van der Waals surface area (Å²) >= 11 is 0. The Labute approximate surface area is 180 Å². The van der Waals surface area contributed by atoms with Gasteiger partial charge in [-0.1, -0.05) is 30.3 Å². The van der Waals surface area contributed by atoms with Crippen molar-refractivity contribution < 1.29 is 9.53 Å². The van der Waals surface area contributed by atoms with E-state index >= 15 is 0 Å². The van der Waals surface area contributed by atoms with Gasteiger partial charge in [0, 0.05) is 18.7 Å². The molecule has 162 valence electrons. The number of hydrogen-bond acceptors (Lipinski definition) is 3. The van der Waals surface area contributed by atoms with Crippen molar-refractivity contribution in [1.29, 1.82) is 0 Å². The third-order valence-corrected chi connectivity index (χ3v) is 9.31. The van der Waals surface area contributed by atoms with Crippen LogP contribution in [0.25, 0.3) is 0 Å². The molecule has 1 saturated heterocycles. The lowest BCUT2D eigenvalue weighted by atomic mass is 9.38. The quantitative estimate of drug-likeness (QED) is 0.753. The Hall–Kier alpha value is -1.39. The predicted octanol–water partition coefficient (Wildman–Crippen LogP) is 3.80. The third kappa shape index (κ3) is 2.90. The third-order valence-electron chi connectivity index (χ3n) is 9.31. The smallest absolute Gasteiger partial charge is 0.226 e. The Bertz CT molecular complexity index is 828. The summed E-state index contributed by atoms with van der Waals surface area (Å²) < 4.78 is 6.06. The average molecular weight is 409 g/mol. The molecule has 4 heteroatoms. The van der Waals surface area contributed by atoms with Crippen LogP contribution in [-0.4, -0.2) is 37.7 Å². The van der Waals surface area contributed by atoms with Crippen LogP contribution < -0.4 is 10.6 Å². The maximum Gasteiger partial charge on any atom is 0.226 e. The number of fused-ring (bicyclic) bond motifs is 2. The molecule has 6 fully saturated rings. The molecule has 5 aliphatic carbocycles. The number of benzene rings is 1. The van der Waals surface area contributed by atoms with E-state index < -0.39 is 0 Å². The maximum atomic E-state index is 13.9. The highest BCUT2D eigenvalue weighted by Gasteiger charge is 2.66. The van der Waals surface area contributed by atoms with Crippen LogP contribution in [0, 0.1) is 22.7 Å². The Morgan fingerprint density at radius 1 is 1.10 bits per heavy atom. The second-order valence-corrected chi connectivity index (χ2v) is 11.5. The van der Waals surface area contributed by atoms with Gasteiger partial charge in [0.2, 0.25) is 5.91 Å². The van der Waals surface area contributed by atoms with E-state index in [2.05, 4.69) is 47.9 Å². The Morgan fingerprint density at radius 3 is 2.70 bits per heavy atom. The summed E-state index contributed by atoms with van der Waals surface area (Å²) in [6.07, 6.45) is 9.20. The number of ether oxygens (including phenoxy) is 1. The van der Waals surface area contributed by atoms with Crippen LogP contribution in [0.3, 0.4) is 0 Å². The van der Waals surface area contributed by atoms with Crippen LogP contribution in [-0.2, 0) is 14.9 Å². The molecule has 6 unspecified atom stereocenters. The molecule has 0 radical (unpaired) electrons. The molecule has 6 bridgehead atoms. The first-order valence-electron chi connectivity index (χ1n) is 12.2. The largest absolute Gasteiger partial charge is 0.381 e. The normalized spacial score (nSPS) is 45.8. The molecule has 1 heterocycles. The second-order valence-electron chi connectivity index (χ2n) is 11.5. The first kappa shape index (κ1) is 19.3. The highest BCUT2D eigenvalue weighted by atomic mass is 16.5. The lowest BCUT2D eigenvalue weighted by Crippen LogP contribution is -2.65. The summed E-state index contributed by atoms with van der Waals surface area (Å²) in [6.45, 7) is 4.82. The molecule has 7 atom stereocenters. The van der Waals surface area contributed by atoms with Gasteiger partial charge in [-0.15, -0.1) is 0 Å². The summed E-state index contributed by atoms with van der Waals surface area (Å²) in [4.78, 5) is 13.9. The number of nitrogens with one attached hydrogen (secondary N) is 2. The second kappa shape index (κ2) is 6.80. The van der Waals surface area contributed by atoms with Gasteiger partial charge in [-0.25, -0.2) is 0 Å². The van der Waals surface area contributed by atoms with Gasteiger partial charge in [-0.3, -0.25) is 4.79 Å². The van der Waals surface area contributed by atoms with Crippen LogP contribution >= 0.6 is 0 Å². The predicted molar refractivity (Wildman–Crippen MR) is 117 cm³/mol. The van der Waals surface area contributed by atoms with Crippen LogP contribution in [0.4, 0.5) is 0 Å². The van der Waals surface area contributed by atoms with Crippen molar-refractivity contribution in [3.05, 3.63) is 35.9 Å². The van der Waals surface area contributed by atoms with Gasteiger partial charge in [0.25, 0.3) is 0 Å². The van der Waals surface area contributed by atoms with E-state index in [-0.39, 0.29) is 16.2 Å². The van der Waals surface area contributed by atoms with E-state index in [1.807, 2.05) is 0 Å². The first-order valence-corrected chi connectivity index (χ1v) is 12.2. The molecular formula is C26H36N2O2. The summed E-state index contributed by atoms with van der Waals surface area (Å²) in [5.41, 5.74) is 1.54. The van der Waals surface area contributed by atoms with Crippen LogP contribution in [0.5, 0.6) is 0 Å². The Morgan fingerprint density at radius 2 is 1.97 bits per heavy atom. The van der Waals surface area contributed by atoms with E-state index in [0.717, 1.165) is 51.4 Å². The van der Waals surface area contributed by atoms with Crippen molar-refractivity contribution in [2.75, 3.05) is 19.8 Å². The summed E-state index contributed by atoms with van der Waals surface area (Å²) in [6, 6.07) is 11.9. The highest BCUT2D eigenvalue weighted by Crippen LogP contribution is 2.70. The molecule has 0 spiro atoms. The molecule has 1 amide bonds. The Balaban J connectivity index is 1.33. The molecule has 1 aromatic rings. The molecule has 30 heavy (non-hydrogen) atoms. The lowest BCUT2D eigenvalue weighted by molar-refractivity contribution is -0.172. The van der Waals surface area contributed by atoms with Gasteiger partial charge in [0.05, 0.1) is 12.0 Å². The average Bonchev–Trinajstić information content (AvgIpc) is 3.35. The molecule has 2 N–H and O–H groups in total. The van der Waals surface area contributed by atoms with Crippen LogP contribution in [0.1, 0.15) is 63.9 Å². The zero-order valence-electron chi connectivity index (χ0n) is 18.3. The molecule has 7 rings (SSSR count). The number of piperidine rings is 1. The summed E-state index contributed by atoms with van der Waals surface area (Å²) in [5, 5.41) is 7.19. The van der Waals surface area contributed by atoms with Crippen molar-refractivity contribution in [2.45, 2.75) is 75.8 Å². The molecule has 4 nitrogen and oxygen atoms in total. The number of rotatable bonds is 6. The maximum absolute atomic E-state index is 13.9. The monoisotopic (exact) mass is 408 g/mol. The van der Waals surface area contributed by atoms with Crippen LogP contribution in [0.15, 0.2) is 30.3 Å². The van der Waals surface area contributed by atoms with Gasteiger partial charge in [0.1, 0.15) is 0 Å². The van der Waals surface area contributed by atoms with Gasteiger partial charge >= 0.3 is 0 Å². The summed E-state index contributed by atoms with van der Waals surface area (Å²) in [5.74, 6) is 1.76. The molecule has 6 aliphatic rings. The van der Waals surface area contributed by atoms with Crippen molar-refractivity contribution >= 4 is 5.91 Å². The van der Waals surface area contributed by atoms with E-state index in [9.17, 15) is 4.79 Å². The fraction of sp³-hybridized carbons (Fsp3) is 0.731. The van der Waals surface area contributed by atoms with E-state index in [4.69, 9.17) is 4.74 Å². The lowest BCUT2D eigenvalue weighted by Gasteiger charge is -2.66. The van der Waals surface area contributed by atoms with E-state index in [1.54, 1.807) is 0 Å². The van der Waals surface area contributed by atoms with Gasteiger partial charge in [-0.2, -0.15) is 0 Å². The van der Waals surface area contributed by atoms with Crippen molar-refractivity contribution in [3.63, 3.8) is 0 Å². The van der Waals surface area contributed by atoms with Gasteiger partial charge in [0.15, 0.2) is 0 Å². The van der Waals surface area contributed by atoms with E-state index in [1.165, 1.54) is 31.2 Å². The molecule has 5 saturated carbocycles. The number of amides is 1. The van der Waals surface area contributed by atoms with E-state index in [0.29, 0.717) is 23.9 Å². The van der Waals surface area contributed by atoms with Crippen LogP contribution in [0.2, 0.25) is 0 Å². The topological polar surface area (TPSA) is 50.4 Å².